The van der Waals surface area contributed by atoms with E-state index in [0.717, 1.165) is 11.6 Å². The molecule has 148 valence electrons. The molecule has 0 radical (unpaired) electrons. The van der Waals surface area contributed by atoms with Gasteiger partial charge in [0.1, 0.15) is 5.69 Å². The second-order valence-corrected chi connectivity index (χ2v) is 6.99. The SMILES string of the molecule is CN1C(=O)C(c2cc(Cl)cc(-c3ccoc3)c2)(c2ccnc(C(F)F)c2)N=C1N. The Hall–Kier alpha value is -3.26. The first-order chi connectivity index (χ1) is 13.8. The molecule has 1 unspecified atom stereocenters. The van der Waals surface area contributed by atoms with Crippen LogP contribution in [-0.2, 0) is 10.3 Å². The van der Waals surface area contributed by atoms with E-state index in [9.17, 15) is 13.6 Å². The third-order valence-corrected chi connectivity index (χ3v) is 5.05. The number of likely N-dealkylation sites (N-methyl/N-ethyl adjacent to an activating group) is 1. The first-order valence-electron chi connectivity index (χ1n) is 8.54. The summed E-state index contributed by atoms with van der Waals surface area (Å²) in [4.78, 5) is 22.6. The normalized spacial score (nSPS) is 19.1. The van der Waals surface area contributed by atoms with Crippen LogP contribution >= 0.6 is 11.6 Å². The number of halogens is 3. The van der Waals surface area contributed by atoms with Gasteiger partial charge in [0.2, 0.25) is 0 Å². The number of hydrogen-bond donors (Lipinski definition) is 1. The fourth-order valence-corrected chi connectivity index (χ4v) is 3.61. The molecule has 29 heavy (non-hydrogen) atoms. The Labute approximate surface area is 169 Å². The van der Waals surface area contributed by atoms with Crippen molar-refractivity contribution in [1.82, 2.24) is 9.88 Å². The first kappa shape index (κ1) is 19.1. The van der Waals surface area contributed by atoms with Gasteiger partial charge in [-0.25, -0.2) is 13.8 Å². The number of aliphatic imine (C=N–C) groups is 1. The van der Waals surface area contributed by atoms with E-state index in [2.05, 4.69) is 9.98 Å². The Morgan fingerprint density at radius 2 is 1.97 bits per heavy atom. The number of carbonyl (C=O) groups is 1. The van der Waals surface area contributed by atoms with Crippen molar-refractivity contribution in [3.8, 4) is 11.1 Å². The molecule has 0 saturated carbocycles. The van der Waals surface area contributed by atoms with Gasteiger partial charge in [-0.15, -0.1) is 0 Å². The van der Waals surface area contributed by atoms with Crippen LogP contribution in [0.5, 0.6) is 0 Å². The van der Waals surface area contributed by atoms with E-state index in [0.29, 0.717) is 16.1 Å². The lowest BCUT2D eigenvalue weighted by molar-refractivity contribution is -0.129. The lowest BCUT2D eigenvalue weighted by Crippen LogP contribution is -2.41. The Balaban J connectivity index is 1.99. The largest absolute Gasteiger partial charge is 0.472 e. The number of amides is 1. The first-order valence-corrected chi connectivity index (χ1v) is 8.92. The van der Waals surface area contributed by atoms with Gasteiger partial charge < -0.3 is 10.2 Å². The summed E-state index contributed by atoms with van der Waals surface area (Å²) in [5.74, 6) is -0.517. The number of furan rings is 1. The molecule has 0 saturated heterocycles. The lowest BCUT2D eigenvalue weighted by Gasteiger charge is -2.27. The minimum atomic E-state index is -2.80. The van der Waals surface area contributed by atoms with Crippen molar-refractivity contribution in [1.29, 1.82) is 0 Å². The van der Waals surface area contributed by atoms with Crippen LogP contribution in [0.15, 0.2) is 64.5 Å². The molecule has 0 bridgehead atoms. The third-order valence-electron chi connectivity index (χ3n) is 4.83. The molecule has 0 spiro atoms. The highest BCUT2D eigenvalue weighted by atomic mass is 35.5. The molecule has 1 atom stereocenters. The lowest BCUT2D eigenvalue weighted by atomic mass is 9.82. The quantitative estimate of drug-likeness (QED) is 0.697. The van der Waals surface area contributed by atoms with Gasteiger partial charge in [0, 0.05) is 23.8 Å². The third kappa shape index (κ3) is 3.05. The smallest absolute Gasteiger partial charge is 0.280 e. The maximum Gasteiger partial charge on any atom is 0.280 e. The fraction of sp³-hybridized carbons (Fsp3) is 0.150. The van der Waals surface area contributed by atoms with Gasteiger partial charge in [-0.05, 0) is 53.1 Å². The molecule has 6 nitrogen and oxygen atoms in total. The number of pyridine rings is 1. The zero-order valence-electron chi connectivity index (χ0n) is 15.1. The van der Waals surface area contributed by atoms with Crippen LogP contribution in [0.2, 0.25) is 5.02 Å². The van der Waals surface area contributed by atoms with Crippen molar-refractivity contribution in [3.63, 3.8) is 0 Å². The summed E-state index contributed by atoms with van der Waals surface area (Å²) < 4.78 is 31.7. The molecular formula is C20H15ClF2N4O2. The van der Waals surface area contributed by atoms with Crippen LogP contribution in [0, 0.1) is 0 Å². The molecule has 1 aliphatic heterocycles. The zero-order chi connectivity index (χ0) is 20.8. The van der Waals surface area contributed by atoms with Gasteiger partial charge in [0.25, 0.3) is 12.3 Å². The Kier molecular flexibility index (Phi) is 4.58. The van der Waals surface area contributed by atoms with Crippen LogP contribution < -0.4 is 5.73 Å². The van der Waals surface area contributed by atoms with Crippen molar-refractivity contribution in [2.75, 3.05) is 7.05 Å². The predicted molar refractivity (Wildman–Crippen MR) is 104 cm³/mol. The Morgan fingerprint density at radius 3 is 2.59 bits per heavy atom. The summed E-state index contributed by atoms with van der Waals surface area (Å²) in [6, 6.07) is 9.37. The van der Waals surface area contributed by atoms with Gasteiger partial charge in [-0.1, -0.05) is 11.6 Å². The Morgan fingerprint density at radius 1 is 1.17 bits per heavy atom. The maximum atomic E-state index is 13.3. The molecule has 1 aliphatic rings. The summed E-state index contributed by atoms with van der Waals surface area (Å²) in [6.07, 6.45) is 1.46. The highest BCUT2D eigenvalue weighted by Gasteiger charge is 2.50. The number of hydrogen-bond acceptors (Lipinski definition) is 5. The van der Waals surface area contributed by atoms with E-state index in [1.807, 2.05) is 0 Å². The summed E-state index contributed by atoms with van der Waals surface area (Å²) in [7, 11) is 1.47. The van der Waals surface area contributed by atoms with Crippen molar-refractivity contribution in [2.45, 2.75) is 12.0 Å². The van der Waals surface area contributed by atoms with Gasteiger partial charge in [-0.2, -0.15) is 0 Å². The van der Waals surface area contributed by atoms with Crippen LogP contribution in [0.1, 0.15) is 23.2 Å². The van der Waals surface area contributed by atoms with Gasteiger partial charge >= 0.3 is 0 Å². The minimum absolute atomic E-state index is 0.0322. The Bertz CT molecular complexity index is 1120. The van der Waals surface area contributed by atoms with Crippen molar-refractivity contribution in [2.24, 2.45) is 10.7 Å². The summed E-state index contributed by atoms with van der Waals surface area (Å²) in [5.41, 5.74) is 5.85. The molecule has 1 amide bonds. The molecule has 3 aromatic rings. The molecule has 2 N–H and O–H groups in total. The van der Waals surface area contributed by atoms with Gasteiger partial charge in [0.05, 0.1) is 12.5 Å². The predicted octanol–water partition coefficient (Wildman–Crippen LogP) is 3.96. The van der Waals surface area contributed by atoms with Crippen molar-refractivity contribution >= 4 is 23.5 Å². The van der Waals surface area contributed by atoms with E-state index >= 15 is 0 Å². The molecule has 0 aliphatic carbocycles. The molecule has 0 fully saturated rings. The zero-order valence-corrected chi connectivity index (χ0v) is 15.9. The average Bonchev–Trinajstić information content (AvgIpc) is 3.32. The molecule has 4 rings (SSSR count). The summed E-state index contributed by atoms with van der Waals surface area (Å²) in [6.45, 7) is 0. The van der Waals surface area contributed by atoms with E-state index in [4.69, 9.17) is 21.8 Å². The van der Waals surface area contributed by atoms with Crippen LogP contribution in [0.3, 0.4) is 0 Å². The van der Waals surface area contributed by atoms with Crippen LogP contribution in [0.4, 0.5) is 8.78 Å². The fourth-order valence-electron chi connectivity index (χ4n) is 3.37. The van der Waals surface area contributed by atoms with E-state index in [1.54, 1.807) is 24.3 Å². The number of nitrogens with zero attached hydrogens (tertiary/aromatic N) is 3. The maximum absolute atomic E-state index is 13.3. The highest BCUT2D eigenvalue weighted by Crippen LogP contribution is 2.42. The van der Waals surface area contributed by atoms with E-state index in [-0.39, 0.29) is 11.5 Å². The van der Waals surface area contributed by atoms with E-state index in [1.165, 1.54) is 36.7 Å². The number of guanidine groups is 1. The number of aromatic nitrogens is 1. The topological polar surface area (TPSA) is 84.7 Å². The minimum Gasteiger partial charge on any atom is -0.472 e. The van der Waals surface area contributed by atoms with Gasteiger partial charge in [0.15, 0.2) is 11.5 Å². The number of alkyl halides is 2. The molecule has 3 heterocycles. The van der Waals surface area contributed by atoms with Gasteiger partial charge in [-0.3, -0.25) is 14.7 Å². The highest BCUT2D eigenvalue weighted by molar-refractivity contribution is 6.31. The number of carbonyl (C=O) groups excluding carboxylic acids is 1. The van der Waals surface area contributed by atoms with Crippen LogP contribution in [0.25, 0.3) is 11.1 Å². The van der Waals surface area contributed by atoms with Crippen LogP contribution in [-0.4, -0.2) is 28.8 Å². The average molecular weight is 417 g/mol. The molecule has 2 aromatic heterocycles. The van der Waals surface area contributed by atoms with Crippen molar-refractivity contribution < 1.29 is 18.0 Å². The number of nitrogens with two attached hydrogens (primary N) is 1. The van der Waals surface area contributed by atoms with E-state index < -0.39 is 23.6 Å². The summed E-state index contributed by atoms with van der Waals surface area (Å²) >= 11 is 6.33. The van der Waals surface area contributed by atoms with Crippen molar-refractivity contribution in [3.05, 3.63) is 77.0 Å². The monoisotopic (exact) mass is 416 g/mol. The second-order valence-electron chi connectivity index (χ2n) is 6.56. The summed E-state index contributed by atoms with van der Waals surface area (Å²) in [5, 5.41) is 0.345. The molecule has 1 aromatic carbocycles. The number of benzene rings is 1. The second kappa shape index (κ2) is 6.97. The number of rotatable bonds is 4. The molecule has 9 heteroatoms. The standard InChI is InChI=1S/C20H15ClF2N4O2/c1-27-18(28)20(26-19(27)24,13-2-4-25-16(9-13)17(22)23)14-6-12(7-15(21)8-14)11-3-5-29-10-11/h2-10,17H,1H3,(H2,24,26). The molecular weight excluding hydrogens is 402 g/mol.